The van der Waals surface area contributed by atoms with Crippen LogP contribution in [0, 0.1) is 6.92 Å². The van der Waals surface area contributed by atoms with Crippen molar-refractivity contribution in [2.75, 3.05) is 44.0 Å². The highest BCUT2D eigenvalue weighted by atomic mass is 16.5. The van der Waals surface area contributed by atoms with Gasteiger partial charge in [0, 0.05) is 31.6 Å². The first kappa shape index (κ1) is 12.8. The third-order valence-electron chi connectivity index (χ3n) is 2.55. The van der Waals surface area contributed by atoms with Crippen LogP contribution in [0.25, 0.3) is 0 Å². The molecule has 0 radical (unpaired) electrons. The molecule has 0 aromatic heterocycles. The van der Waals surface area contributed by atoms with Crippen LogP contribution in [0.5, 0.6) is 0 Å². The molecule has 0 atom stereocenters. The molecule has 1 aromatic rings. The van der Waals surface area contributed by atoms with Gasteiger partial charge in [0.15, 0.2) is 0 Å². The Hall–Kier alpha value is -1.26. The van der Waals surface area contributed by atoms with Crippen LogP contribution in [-0.2, 0) is 4.74 Å². The summed E-state index contributed by atoms with van der Waals surface area (Å²) in [6.07, 6.45) is 0. The summed E-state index contributed by atoms with van der Waals surface area (Å²) in [5.74, 6) is 0. The molecule has 0 fully saturated rings. The number of nitrogens with zero attached hydrogens (tertiary/aromatic N) is 1. The van der Waals surface area contributed by atoms with E-state index in [1.165, 1.54) is 0 Å². The Morgan fingerprint density at radius 3 is 2.69 bits per heavy atom. The first-order valence-electron chi connectivity index (χ1n) is 5.40. The summed E-state index contributed by atoms with van der Waals surface area (Å²) < 4.78 is 5.05. The summed E-state index contributed by atoms with van der Waals surface area (Å²) in [6, 6.07) is 5.89. The molecular weight excluding hydrogens is 204 g/mol. The molecule has 0 unspecified atom stereocenters. The van der Waals surface area contributed by atoms with E-state index in [0.717, 1.165) is 23.5 Å². The second-order valence-electron chi connectivity index (χ2n) is 3.74. The molecule has 16 heavy (non-hydrogen) atoms. The average molecular weight is 224 g/mol. The van der Waals surface area contributed by atoms with E-state index in [4.69, 9.17) is 15.6 Å². The Morgan fingerprint density at radius 2 is 2.12 bits per heavy atom. The number of benzene rings is 1. The number of nitrogens with two attached hydrogens (primary N) is 1. The number of rotatable bonds is 6. The first-order valence-corrected chi connectivity index (χ1v) is 5.40. The number of hydrogen-bond acceptors (Lipinski definition) is 4. The van der Waals surface area contributed by atoms with Crippen molar-refractivity contribution in [2.45, 2.75) is 6.92 Å². The zero-order chi connectivity index (χ0) is 12.0. The first-order chi connectivity index (χ1) is 7.69. The van der Waals surface area contributed by atoms with E-state index in [9.17, 15) is 0 Å². The van der Waals surface area contributed by atoms with E-state index in [-0.39, 0.29) is 6.61 Å². The maximum atomic E-state index is 9.01. The van der Waals surface area contributed by atoms with Crippen molar-refractivity contribution in [3.63, 3.8) is 0 Å². The van der Waals surface area contributed by atoms with Gasteiger partial charge in [-0.3, -0.25) is 0 Å². The lowest BCUT2D eigenvalue weighted by molar-refractivity contribution is 0.203. The lowest BCUT2D eigenvalue weighted by atomic mass is 10.1. The van der Waals surface area contributed by atoms with Crippen LogP contribution in [0.1, 0.15) is 5.56 Å². The fourth-order valence-corrected chi connectivity index (χ4v) is 1.55. The van der Waals surface area contributed by atoms with Gasteiger partial charge in [-0.2, -0.15) is 0 Å². The van der Waals surface area contributed by atoms with Gasteiger partial charge in [0.2, 0.25) is 0 Å². The normalized spacial score (nSPS) is 10.4. The van der Waals surface area contributed by atoms with Crippen molar-refractivity contribution in [1.29, 1.82) is 0 Å². The molecule has 3 N–H and O–H groups in total. The standard InChI is InChI=1S/C12H20N2O2/c1-10-9-11(3-4-12(10)13)14(5-7-15)6-8-16-2/h3-4,9,15H,5-8,13H2,1-2H3. The van der Waals surface area contributed by atoms with Crippen molar-refractivity contribution in [1.82, 2.24) is 0 Å². The number of methoxy groups -OCH3 is 1. The minimum absolute atomic E-state index is 0.132. The van der Waals surface area contributed by atoms with E-state index in [1.807, 2.05) is 25.1 Å². The quantitative estimate of drug-likeness (QED) is 0.708. The van der Waals surface area contributed by atoms with Gasteiger partial charge in [-0.05, 0) is 30.7 Å². The molecule has 1 rings (SSSR count). The SMILES string of the molecule is COCCN(CCO)c1ccc(N)c(C)c1. The van der Waals surface area contributed by atoms with Crippen LogP contribution in [0.15, 0.2) is 18.2 Å². The van der Waals surface area contributed by atoms with Gasteiger partial charge < -0.3 is 20.5 Å². The number of ether oxygens (including phenoxy) is 1. The second kappa shape index (κ2) is 6.35. The lowest BCUT2D eigenvalue weighted by Crippen LogP contribution is -2.30. The van der Waals surface area contributed by atoms with Crippen molar-refractivity contribution in [3.8, 4) is 0 Å². The molecule has 0 heterocycles. The third-order valence-corrected chi connectivity index (χ3v) is 2.55. The molecule has 0 saturated heterocycles. The summed E-state index contributed by atoms with van der Waals surface area (Å²) in [5, 5.41) is 9.01. The molecule has 0 bridgehead atoms. The maximum Gasteiger partial charge on any atom is 0.0637 e. The number of aliphatic hydroxyl groups is 1. The van der Waals surface area contributed by atoms with Crippen LogP contribution in [0.4, 0.5) is 11.4 Å². The van der Waals surface area contributed by atoms with Crippen molar-refractivity contribution >= 4 is 11.4 Å². The molecule has 0 spiro atoms. The van der Waals surface area contributed by atoms with E-state index in [0.29, 0.717) is 13.2 Å². The predicted molar refractivity (Wildman–Crippen MR) is 66.8 cm³/mol. The number of nitrogen functional groups attached to an aromatic ring is 1. The molecule has 4 nitrogen and oxygen atoms in total. The Balaban J connectivity index is 2.78. The molecule has 0 saturated carbocycles. The second-order valence-corrected chi connectivity index (χ2v) is 3.74. The van der Waals surface area contributed by atoms with E-state index >= 15 is 0 Å². The minimum atomic E-state index is 0.132. The van der Waals surface area contributed by atoms with Gasteiger partial charge in [0.25, 0.3) is 0 Å². The highest BCUT2D eigenvalue weighted by Gasteiger charge is 2.06. The Bertz CT molecular complexity index is 329. The zero-order valence-electron chi connectivity index (χ0n) is 9.94. The molecule has 1 aromatic carbocycles. The maximum absolute atomic E-state index is 9.01. The van der Waals surface area contributed by atoms with Crippen molar-refractivity contribution < 1.29 is 9.84 Å². The number of anilines is 2. The summed E-state index contributed by atoms with van der Waals surface area (Å²) >= 11 is 0. The highest BCUT2D eigenvalue weighted by molar-refractivity contribution is 5.58. The van der Waals surface area contributed by atoms with Gasteiger partial charge in [0.1, 0.15) is 0 Å². The Kier molecular flexibility index (Phi) is 5.08. The highest BCUT2D eigenvalue weighted by Crippen LogP contribution is 2.20. The number of aliphatic hydroxyl groups excluding tert-OH is 1. The summed E-state index contributed by atoms with van der Waals surface area (Å²) in [7, 11) is 1.67. The molecule has 0 amide bonds. The van der Waals surface area contributed by atoms with E-state index in [1.54, 1.807) is 7.11 Å². The Morgan fingerprint density at radius 1 is 1.38 bits per heavy atom. The van der Waals surface area contributed by atoms with Gasteiger partial charge in [0.05, 0.1) is 13.2 Å². The number of aryl methyl sites for hydroxylation is 1. The van der Waals surface area contributed by atoms with E-state index in [2.05, 4.69) is 4.90 Å². The van der Waals surface area contributed by atoms with Crippen molar-refractivity contribution in [3.05, 3.63) is 23.8 Å². The molecule has 0 aliphatic rings. The molecular formula is C12H20N2O2. The predicted octanol–water partition coefficient (Wildman–Crippen LogP) is 1.02. The monoisotopic (exact) mass is 224 g/mol. The topological polar surface area (TPSA) is 58.7 Å². The van der Waals surface area contributed by atoms with Gasteiger partial charge >= 0.3 is 0 Å². The van der Waals surface area contributed by atoms with Crippen LogP contribution in [-0.4, -0.2) is 38.5 Å². The fraction of sp³-hybridized carbons (Fsp3) is 0.500. The van der Waals surface area contributed by atoms with Crippen molar-refractivity contribution in [2.24, 2.45) is 0 Å². The van der Waals surface area contributed by atoms with Gasteiger partial charge in [-0.25, -0.2) is 0 Å². The molecule has 0 aliphatic heterocycles. The molecule has 90 valence electrons. The van der Waals surface area contributed by atoms with Gasteiger partial charge in [-0.15, -0.1) is 0 Å². The van der Waals surface area contributed by atoms with Crippen LogP contribution >= 0.6 is 0 Å². The third kappa shape index (κ3) is 3.40. The van der Waals surface area contributed by atoms with E-state index < -0.39 is 0 Å². The smallest absolute Gasteiger partial charge is 0.0637 e. The summed E-state index contributed by atoms with van der Waals surface area (Å²) in [4.78, 5) is 2.08. The fourth-order valence-electron chi connectivity index (χ4n) is 1.55. The largest absolute Gasteiger partial charge is 0.399 e. The lowest BCUT2D eigenvalue weighted by Gasteiger charge is -2.24. The summed E-state index contributed by atoms with van der Waals surface area (Å²) in [5.41, 5.74) is 8.68. The van der Waals surface area contributed by atoms with Gasteiger partial charge in [-0.1, -0.05) is 0 Å². The minimum Gasteiger partial charge on any atom is -0.399 e. The van der Waals surface area contributed by atoms with Crippen LogP contribution < -0.4 is 10.6 Å². The molecule has 4 heteroatoms. The Labute approximate surface area is 96.6 Å². The summed E-state index contributed by atoms with van der Waals surface area (Å²) in [6.45, 7) is 4.12. The zero-order valence-corrected chi connectivity index (χ0v) is 9.94. The average Bonchev–Trinajstić information content (AvgIpc) is 2.28. The molecule has 0 aliphatic carbocycles. The van der Waals surface area contributed by atoms with Crippen LogP contribution in [0.2, 0.25) is 0 Å². The number of hydrogen-bond donors (Lipinski definition) is 2. The van der Waals surface area contributed by atoms with Crippen LogP contribution in [0.3, 0.4) is 0 Å².